The van der Waals surface area contributed by atoms with Crippen LogP contribution in [0.5, 0.6) is 0 Å². The molecule has 0 saturated carbocycles. The smallest absolute Gasteiger partial charge is 0.269 e. The van der Waals surface area contributed by atoms with E-state index in [4.69, 9.17) is 4.98 Å². The van der Waals surface area contributed by atoms with E-state index in [1.54, 1.807) is 77.3 Å². The fourth-order valence-corrected chi connectivity index (χ4v) is 8.42. The molecular weight excluding hydrogens is 564 g/mol. The van der Waals surface area contributed by atoms with Crippen LogP contribution in [0.1, 0.15) is 12.0 Å². The van der Waals surface area contributed by atoms with Crippen molar-refractivity contribution in [1.82, 2.24) is 33.8 Å². The number of hydrogen-bond acceptors (Lipinski definition) is 7. The summed E-state index contributed by atoms with van der Waals surface area (Å²) in [4.78, 5) is 20.6. The van der Waals surface area contributed by atoms with Gasteiger partial charge in [0, 0.05) is 61.3 Å². The quantitative estimate of drug-likeness (QED) is 0.333. The summed E-state index contributed by atoms with van der Waals surface area (Å²) in [5.41, 5.74) is 4.43. The SMILES string of the molecule is CN1C(=O)C2(CCNC2)c2c1cnc1c2c(-c2ccc3c(cnn3C)c2)c(-c2cnn(C)c2)n1S(=O)(=O)c1ccccc1. The van der Waals surface area contributed by atoms with E-state index in [9.17, 15) is 13.2 Å². The number of anilines is 1. The zero-order valence-electron chi connectivity index (χ0n) is 23.8. The third kappa shape index (κ3) is 3.41. The van der Waals surface area contributed by atoms with Gasteiger partial charge in [-0.25, -0.2) is 17.4 Å². The van der Waals surface area contributed by atoms with Crippen molar-refractivity contribution >= 4 is 43.6 Å². The Morgan fingerprint density at radius 3 is 2.49 bits per heavy atom. The maximum Gasteiger partial charge on any atom is 0.269 e. The second-order valence-corrected chi connectivity index (χ2v) is 13.1. The minimum absolute atomic E-state index is 0.0166. The van der Waals surface area contributed by atoms with E-state index in [1.165, 1.54) is 3.97 Å². The second-order valence-electron chi connectivity index (χ2n) is 11.3. The molecule has 12 heteroatoms. The fourth-order valence-electron chi connectivity index (χ4n) is 6.91. The summed E-state index contributed by atoms with van der Waals surface area (Å²) in [7, 11) is 1.30. The Bertz CT molecular complexity index is 2220. The van der Waals surface area contributed by atoms with Crippen LogP contribution < -0.4 is 10.2 Å². The zero-order valence-corrected chi connectivity index (χ0v) is 24.6. The number of likely N-dealkylation sites (N-methyl/N-ethyl adjacent to an activating group) is 1. The van der Waals surface area contributed by atoms with E-state index in [2.05, 4.69) is 15.5 Å². The number of carbonyl (C=O) groups excluding carboxylic acids is 1. The lowest BCUT2D eigenvalue weighted by molar-refractivity contribution is -0.122. The third-order valence-corrected chi connectivity index (χ3v) is 10.6. The number of hydrogen-bond donors (Lipinski definition) is 1. The summed E-state index contributed by atoms with van der Waals surface area (Å²) in [6, 6.07) is 14.4. The van der Waals surface area contributed by atoms with Gasteiger partial charge in [0.05, 0.1) is 45.8 Å². The fraction of sp³-hybridized carbons (Fsp3) is 0.226. The summed E-state index contributed by atoms with van der Waals surface area (Å²) >= 11 is 0. The molecule has 43 heavy (non-hydrogen) atoms. The average molecular weight is 593 g/mol. The summed E-state index contributed by atoms with van der Waals surface area (Å²) in [6.45, 7) is 1.14. The maximum atomic E-state index is 14.6. The molecule has 1 amide bonds. The molecule has 2 aliphatic heterocycles. The van der Waals surface area contributed by atoms with Crippen LogP contribution in [0, 0.1) is 0 Å². The molecule has 4 aromatic heterocycles. The van der Waals surface area contributed by atoms with E-state index < -0.39 is 15.4 Å². The highest BCUT2D eigenvalue weighted by Crippen LogP contribution is 2.53. The van der Waals surface area contributed by atoms with Gasteiger partial charge in [-0.2, -0.15) is 10.2 Å². The van der Waals surface area contributed by atoms with Gasteiger partial charge in [0.15, 0.2) is 5.65 Å². The molecule has 1 fully saturated rings. The van der Waals surface area contributed by atoms with E-state index >= 15 is 0 Å². The van der Waals surface area contributed by atoms with Crippen molar-refractivity contribution in [3.05, 3.63) is 78.9 Å². The van der Waals surface area contributed by atoms with Gasteiger partial charge in [0.1, 0.15) is 0 Å². The minimum atomic E-state index is -4.15. The molecule has 8 rings (SSSR count). The number of rotatable bonds is 4. The van der Waals surface area contributed by atoms with Gasteiger partial charge >= 0.3 is 0 Å². The number of aryl methyl sites for hydroxylation is 2. The van der Waals surface area contributed by atoms with Crippen molar-refractivity contribution in [1.29, 1.82) is 0 Å². The first-order chi connectivity index (χ1) is 20.7. The number of fused-ring (bicyclic) bond motifs is 5. The number of pyridine rings is 1. The van der Waals surface area contributed by atoms with Crippen molar-refractivity contribution < 1.29 is 13.2 Å². The number of amides is 1. The third-order valence-electron chi connectivity index (χ3n) is 8.92. The van der Waals surface area contributed by atoms with Crippen molar-refractivity contribution in [2.75, 3.05) is 25.0 Å². The van der Waals surface area contributed by atoms with Gasteiger partial charge in [-0.3, -0.25) is 14.2 Å². The molecule has 1 N–H and O–H groups in total. The van der Waals surface area contributed by atoms with E-state index in [-0.39, 0.29) is 16.4 Å². The Labute approximate surface area is 247 Å². The molecule has 1 unspecified atom stereocenters. The van der Waals surface area contributed by atoms with Gasteiger partial charge in [0.25, 0.3) is 10.0 Å². The molecule has 2 aromatic carbocycles. The first kappa shape index (κ1) is 25.9. The van der Waals surface area contributed by atoms with Crippen LogP contribution in [0.3, 0.4) is 0 Å². The van der Waals surface area contributed by atoms with Crippen LogP contribution in [0.25, 0.3) is 44.3 Å². The Morgan fingerprint density at radius 2 is 1.77 bits per heavy atom. The van der Waals surface area contributed by atoms with Crippen molar-refractivity contribution in [2.45, 2.75) is 16.7 Å². The summed E-state index contributed by atoms with van der Waals surface area (Å²) in [5.74, 6) is -0.0166. The predicted molar refractivity (Wildman–Crippen MR) is 163 cm³/mol. The van der Waals surface area contributed by atoms with Crippen molar-refractivity contribution in [3.63, 3.8) is 0 Å². The molecule has 11 nitrogen and oxygen atoms in total. The highest BCUT2D eigenvalue weighted by atomic mass is 32.2. The largest absolute Gasteiger partial charge is 0.315 e. The Balaban J connectivity index is 1.60. The second kappa shape index (κ2) is 8.85. The Hall–Kier alpha value is -4.81. The predicted octanol–water partition coefficient (Wildman–Crippen LogP) is 3.44. The number of nitrogens with one attached hydrogen (secondary N) is 1. The number of carbonyl (C=O) groups is 1. The standard InChI is InChI=1S/C31H28N8O3S/c1-36-17-21(15-34-36)28-25(19-9-10-23-20(13-19)14-35-38(23)3)26-27-24(37(2)30(40)31(27)11-12-32-18-31)16-33-29(26)39(28)43(41,42)22-7-5-4-6-8-22/h4-10,13-17,32H,11-12,18H2,1-3H3. The summed E-state index contributed by atoms with van der Waals surface area (Å²) < 4.78 is 34.1. The molecule has 2 aliphatic rings. The molecule has 6 heterocycles. The van der Waals surface area contributed by atoms with Crippen molar-refractivity contribution in [3.8, 4) is 22.4 Å². The van der Waals surface area contributed by atoms with Crippen LogP contribution in [-0.4, -0.2) is 63.0 Å². The highest BCUT2D eigenvalue weighted by Gasteiger charge is 2.53. The van der Waals surface area contributed by atoms with Gasteiger partial charge in [0.2, 0.25) is 5.91 Å². The van der Waals surface area contributed by atoms with Gasteiger partial charge < -0.3 is 10.2 Å². The van der Waals surface area contributed by atoms with Gasteiger partial charge in [-0.1, -0.05) is 24.3 Å². The van der Waals surface area contributed by atoms with Crippen LogP contribution in [0.4, 0.5) is 5.69 Å². The van der Waals surface area contributed by atoms with Crippen LogP contribution in [0.2, 0.25) is 0 Å². The Kier molecular flexibility index (Phi) is 5.32. The lowest BCUT2D eigenvalue weighted by Gasteiger charge is -2.22. The van der Waals surface area contributed by atoms with Crippen molar-refractivity contribution in [2.24, 2.45) is 14.1 Å². The molecule has 0 radical (unpaired) electrons. The topological polar surface area (TPSA) is 120 Å². The average Bonchev–Trinajstić information content (AvgIpc) is 3.83. The lowest BCUT2D eigenvalue weighted by Crippen LogP contribution is -2.40. The number of nitrogens with zero attached hydrogens (tertiary/aromatic N) is 7. The van der Waals surface area contributed by atoms with Crippen LogP contribution >= 0.6 is 0 Å². The summed E-state index contributed by atoms with van der Waals surface area (Å²) in [5, 5.41) is 13.8. The molecule has 1 saturated heterocycles. The van der Waals surface area contributed by atoms with Crippen LogP contribution in [-0.2, 0) is 34.3 Å². The summed E-state index contributed by atoms with van der Waals surface area (Å²) in [6.07, 6.45) is 7.51. The first-order valence-electron chi connectivity index (χ1n) is 14.0. The Morgan fingerprint density at radius 1 is 0.953 bits per heavy atom. The molecule has 216 valence electrons. The van der Waals surface area contributed by atoms with Gasteiger partial charge in [-0.15, -0.1) is 0 Å². The minimum Gasteiger partial charge on any atom is -0.315 e. The molecular formula is C31H28N8O3S. The number of aromatic nitrogens is 6. The van der Waals surface area contributed by atoms with E-state index in [0.29, 0.717) is 47.4 Å². The van der Waals surface area contributed by atoms with Gasteiger partial charge in [-0.05, 0) is 42.8 Å². The monoisotopic (exact) mass is 592 g/mol. The van der Waals surface area contributed by atoms with Crippen LogP contribution in [0.15, 0.2) is 78.2 Å². The number of benzene rings is 2. The first-order valence-corrected chi connectivity index (χ1v) is 15.4. The highest BCUT2D eigenvalue weighted by molar-refractivity contribution is 7.90. The molecule has 0 aliphatic carbocycles. The molecule has 1 spiro atoms. The normalized spacial score (nSPS) is 18.5. The maximum absolute atomic E-state index is 14.6. The zero-order chi connectivity index (χ0) is 29.7. The lowest BCUT2D eigenvalue weighted by atomic mass is 9.78. The van der Waals surface area contributed by atoms with E-state index in [1.807, 2.05) is 31.4 Å². The van der Waals surface area contributed by atoms with E-state index in [0.717, 1.165) is 22.0 Å². The molecule has 6 aromatic rings. The molecule has 1 atom stereocenters. The molecule has 0 bridgehead atoms.